The van der Waals surface area contributed by atoms with Gasteiger partial charge in [0.15, 0.2) is 6.29 Å². The Labute approximate surface area is 169 Å². The van der Waals surface area contributed by atoms with Crippen LogP contribution < -0.4 is 15.5 Å². The van der Waals surface area contributed by atoms with Crippen molar-refractivity contribution in [2.24, 2.45) is 0 Å². The van der Waals surface area contributed by atoms with Crippen molar-refractivity contribution in [2.75, 3.05) is 42.3 Å². The van der Waals surface area contributed by atoms with Crippen LogP contribution in [0.25, 0.3) is 5.57 Å². The van der Waals surface area contributed by atoms with E-state index in [0.717, 1.165) is 16.8 Å². The van der Waals surface area contributed by atoms with Crippen LogP contribution >= 0.6 is 0 Å². The van der Waals surface area contributed by atoms with Crippen LogP contribution in [0.5, 0.6) is 0 Å². The van der Waals surface area contributed by atoms with Crippen molar-refractivity contribution in [2.45, 2.75) is 19.6 Å². The van der Waals surface area contributed by atoms with Crippen molar-refractivity contribution in [3.8, 4) is 0 Å². The lowest BCUT2D eigenvalue weighted by Crippen LogP contribution is -2.24. The van der Waals surface area contributed by atoms with Gasteiger partial charge in [-0.05, 0) is 36.8 Å². The Morgan fingerprint density at radius 3 is 2.83 bits per heavy atom. The molecule has 2 aliphatic heterocycles. The van der Waals surface area contributed by atoms with Crippen molar-refractivity contribution < 1.29 is 18.7 Å². The molecule has 152 valence electrons. The summed E-state index contributed by atoms with van der Waals surface area (Å²) in [6.45, 7) is 3.80. The molecule has 1 fully saturated rings. The van der Waals surface area contributed by atoms with Crippen molar-refractivity contribution in [1.29, 1.82) is 0 Å². The molecule has 2 aromatic carbocycles. The van der Waals surface area contributed by atoms with E-state index in [-0.39, 0.29) is 18.0 Å². The molecule has 0 aromatic heterocycles. The third-order valence-corrected chi connectivity index (χ3v) is 5.17. The maximum atomic E-state index is 14.6. The molecule has 29 heavy (non-hydrogen) atoms. The number of aryl methyl sites for hydroxylation is 1. The van der Waals surface area contributed by atoms with E-state index in [1.54, 1.807) is 18.3 Å². The second kappa shape index (κ2) is 8.23. The van der Waals surface area contributed by atoms with Crippen LogP contribution in [0.1, 0.15) is 17.5 Å². The zero-order valence-corrected chi connectivity index (χ0v) is 16.5. The summed E-state index contributed by atoms with van der Waals surface area (Å²) in [6, 6.07) is 10.7. The molecule has 0 aliphatic carbocycles. The van der Waals surface area contributed by atoms with E-state index in [0.29, 0.717) is 43.1 Å². The zero-order valence-electron chi connectivity index (χ0n) is 16.5. The molecule has 1 amide bonds. The molecular formula is C22H24FN3O3. The molecular weight excluding hydrogens is 373 g/mol. The summed E-state index contributed by atoms with van der Waals surface area (Å²) in [5.41, 5.74) is 4.29. The Bertz CT molecular complexity index is 954. The predicted molar refractivity (Wildman–Crippen MR) is 111 cm³/mol. The first-order chi connectivity index (χ1) is 14.0. The predicted octanol–water partition coefficient (Wildman–Crippen LogP) is 3.74. The molecule has 2 heterocycles. The number of amides is 1. The van der Waals surface area contributed by atoms with Crippen molar-refractivity contribution in [3.63, 3.8) is 0 Å². The Balaban J connectivity index is 1.45. The third kappa shape index (κ3) is 4.11. The highest BCUT2D eigenvalue weighted by Crippen LogP contribution is 2.34. The van der Waals surface area contributed by atoms with Crippen LogP contribution in [0.15, 0.2) is 42.6 Å². The van der Waals surface area contributed by atoms with Crippen LogP contribution in [0, 0.1) is 12.7 Å². The number of anilines is 3. The summed E-state index contributed by atoms with van der Waals surface area (Å²) in [5.74, 6) is -0.508. The molecule has 6 nitrogen and oxygen atoms in total. The lowest BCUT2D eigenvalue weighted by atomic mass is 10.0. The van der Waals surface area contributed by atoms with Gasteiger partial charge in [-0.3, -0.25) is 4.79 Å². The molecule has 2 aromatic rings. The topological polar surface area (TPSA) is 62.8 Å². The minimum atomic E-state index is -0.336. The largest absolute Gasteiger partial charge is 0.372 e. The van der Waals surface area contributed by atoms with Crippen LogP contribution in [0.3, 0.4) is 0 Å². The summed E-state index contributed by atoms with van der Waals surface area (Å²) < 4.78 is 25.5. The van der Waals surface area contributed by atoms with Gasteiger partial charge in [0.05, 0.1) is 24.5 Å². The number of benzene rings is 2. The van der Waals surface area contributed by atoms with Gasteiger partial charge in [-0.15, -0.1) is 0 Å². The second-order valence-corrected chi connectivity index (χ2v) is 7.20. The van der Waals surface area contributed by atoms with Gasteiger partial charge in [-0.2, -0.15) is 0 Å². The number of ether oxygens (including phenoxy) is 2. The average molecular weight is 397 g/mol. The van der Waals surface area contributed by atoms with Gasteiger partial charge >= 0.3 is 0 Å². The first-order valence-corrected chi connectivity index (χ1v) is 9.65. The van der Waals surface area contributed by atoms with E-state index in [2.05, 4.69) is 10.6 Å². The van der Waals surface area contributed by atoms with Gasteiger partial charge in [0.1, 0.15) is 5.82 Å². The van der Waals surface area contributed by atoms with Crippen molar-refractivity contribution >= 4 is 28.5 Å². The lowest BCUT2D eigenvalue weighted by molar-refractivity contribution is -0.110. The summed E-state index contributed by atoms with van der Waals surface area (Å²) >= 11 is 0. The Morgan fingerprint density at radius 1 is 1.28 bits per heavy atom. The number of hydrogen-bond donors (Lipinski definition) is 2. The minimum Gasteiger partial charge on any atom is -0.372 e. The van der Waals surface area contributed by atoms with Crippen molar-refractivity contribution in [1.82, 2.24) is 0 Å². The number of halogens is 1. The van der Waals surface area contributed by atoms with Gasteiger partial charge < -0.3 is 25.0 Å². The first kappa shape index (κ1) is 19.4. The van der Waals surface area contributed by atoms with E-state index in [9.17, 15) is 9.18 Å². The highest BCUT2D eigenvalue weighted by Gasteiger charge is 2.25. The van der Waals surface area contributed by atoms with Gasteiger partial charge in [0, 0.05) is 43.2 Å². The Morgan fingerprint density at radius 2 is 2.07 bits per heavy atom. The molecule has 1 saturated heterocycles. The number of fused-ring (bicyclic) bond motifs is 1. The van der Waals surface area contributed by atoms with E-state index < -0.39 is 0 Å². The smallest absolute Gasteiger partial charge is 0.257 e. The van der Waals surface area contributed by atoms with Gasteiger partial charge in [-0.25, -0.2) is 4.39 Å². The second-order valence-electron chi connectivity index (χ2n) is 7.20. The molecule has 0 bridgehead atoms. The highest BCUT2D eigenvalue weighted by molar-refractivity contribution is 6.32. The van der Waals surface area contributed by atoms with Crippen LogP contribution in [-0.2, 0) is 14.3 Å². The van der Waals surface area contributed by atoms with Crippen LogP contribution in [0.2, 0.25) is 0 Å². The molecule has 2 N–H and O–H groups in total. The fourth-order valence-corrected chi connectivity index (χ4v) is 3.63. The molecule has 0 spiro atoms. The normalized spacial score (nSPS) is 17.5. The van der Waals surface area contributed by atoms with E-state index >= 15 is 0 Å². The summed E-state index contributed by atoms with van der Waals surface area (Å²) in [7, 11) is 1.84. The van der Waals surface area contributed by atoms with Gasteiger partial charge in [0.25, 0.3) is 5.91 Å². The molecule has 0 unspecified atom stereocenters. The summed E-state index contributed by atoms with van der Waals surface area (Å²) in [4.78, 5) is 14.1. The highest BCUT2D eigenvalue weighted by atomic mass is 19.1. The molecule has 2 aliphatic rings. The molecule has 7 heteroatoms. The number of carbonyl (C=O) groups excluding carboxylic acids is 1. The molecule has 4 rings (SSSR count). The monoisotopic (exact) mass is 397 g/mol. The number of rotatable bonds is 6. The number of nitrogens with one attached hydrogen (secondary N) is 2. The van der Waals surface area contributed by atoms with Crippen LogP contribution in [-0.4, -0.2) is 39.0 Å². The van der Waals surface area contributed by atoms with E-state index in [1.807, 2.05) is 37.1 Å². The van der Waals surface area contributed by atoms with E-state index in [4.69, 9.17) is 9.47 Å². The lowest BCUT2D eigenvalue weighted by Gasteiger charge is -2.21. The minimum absolute atomic E-state index is 0.171. The molecule has 0 atom stereocenters. The maximum Gasteiger partial charge on any atom is 0.257 e. The fraction of sp³-hybridized carbons (Fsp3) is 0.318. The number of nitrogens with zero attached hydrogens (tertiary/aromatic N) is 1. The van der Waals surface area contributed by atoms with Crippen LogP contribution in [0.4, 0.5) is 21.5 Å². The van der Waals surface area contributed by atoms with E-state index in [1.165, 1.54) is 6.07 Å². The third-order valence-electron chi connectivity index (χ3n) is 5.17. The molecule has 0 saturated carbocycles. The standard InChI is InChI=1S/C22H24FN3O3/c1-14-4-3-5-18-21(14)16(22(27)25-18)13-24-15-6-7-19(17(23)12-15)26(2)9-8-20-28-10-11-29-20/h3-7,12-13,20,24H,8-11H2,1-2H3,(H,25,27). The fourth-order valence-electron chi connectivity index (χ4n) is 3.63. The maximum absolute atomic E-state index is 14.6. The average Bonchev–Trinajstić information content (AvgIpc) is 3.32. The molecule has 0 radical (unpaired) electrons. The van der Waals surface area contributed by atoms with Gasteiger partial charge in [0.2, 0.25) is 0 Å². The summed E-state index contributed by atoms with van der Waals surface area (Å²) in [6.07, 6.45) is 2.09. The number of hydrogen-bond acceptors (Lipinski definition) is 5. The zero-order chi connectivity index (χ0) is 20.4. The van der Waals surface area contributed by atoms with Crippen molar-refractivity contribution in [3.05, 3.63) is 59.5 Å². The Kier molecular flexibility index (Phi) is 5.51. The first-order valence-electron chi connectivity index (χ1n) is 9.65. The summed E-state index contributed by atoms with van der Waals surface area (Å²) in [5, 5.41) is 5.90. The Hall–Kier alpha value is -2.90. The quantitative estimate of drug-likeness (QED) is 0.727. The van der Waals surface area contributed by atoms with Gasteiger partial charge in [-0.1, -0.05) is 12.1 Å². The SMILES string of the molecule is Cc1cccc2c1C(=CNc1ccc(N(C)CCC3OCCO3)c(F)c1)C(=O)N2. The number of carbonyl (C=O) groups is 1.